The van der Waals surface area contributed by atoms with Crippen molar-refractivity contribution in [2.45, 2.75) is 45.6 Å². The predicted molar refractivity (Wildman–Crippen MR) is 78.4 cm³/mol. The summed E-state index contributed by atoms with van der Waals surface area (Å²) in [4.78, 5) is 27.9. The highest BCUT2D eigenvalue weighted by atomic mass is 16.5. The molecule has 1 aromatic heterocycles. The summed E-state index contributed by atoms with van der Waals surface area (Å²) in [5, 5.41) is 9.51. The largest absolute Gasteiger partial charge is 0.394 e. The van der Waals surface area contributed by atoms with Crippen molar-refractivity contribution >= 4 is 0 Å². The second kappa shape index (κ2) is 6.55. The number of hydrogen-bond acceptors (Lipinski definition) is 5. The van der Waals surface area contributed by atoms with E-state index in [1.54, 1.807) is 6.92 Å². The molecule has 3 atom stereocenters. The van der Waals surface area contributed by atoms with Crippen LogP contribution in [-0.2, 0) is 4.74 Å². The van der Waals surface area contributed by atoms with Crippen LogP contribution >= 0.6 is 0 Å². The maximum absolute atomic E-state index is 11.9. The number of hydrogen-bond donors (Lipinski definition) is 2. The molecule has 2 N–H and O–H groups in total. The molecular formula is C14H23N3O4. The standard InChI is InChI=1S/C14H23N3O4/c1-4-16(5-2)10-6-12(21-11(10)8-18)17-7-9(3)13(19)15-14(17)20/h7,10-12,18H,4-6,8H2,1-3H3,(H,15,19,20). The highest BCUT2D eigenvalue weighted by Gasteiger charge is 2.38. The van der Waals surface area contributed by atoms with Crippen LogP contribution < -0.4 is 11.2 Å². The van der Waals surface area contributed by atoms with Crippen LogP contribution in [-0.4, -0.2) is 51.4 Å². The van der Waals surface area contributed by atoms with Gasteiger partial charge in [-0.25, -0.2) is 4.79 Å². The van der Waals surface area contributed by atoms with Gasteiger partial charge in [-0.15, -0.1) is 0 Å². The summed E-state index contributed by atoms with van der Waals surface area (Å²) in [5.74, 6) is 0. The fourth-order valence-corrected chi connectivity index (χ4v) is 2.93. The number of aryl methyl sites for hydroxylation is 1. The Kier molecular flexibility index (Phi) is 4.97. The third-order valence-electron chi connectivity index (χ3n) is 4.12. The molecule has 0 aliphatic carbocycles. The van der Waals surface area contributed by atoms with Gasteiger partial charge in [-0.3, -0.25) is 19.2 Å². The van der Waals surface area contributed by atoms with Gasteiger partial charge in [0.05, 0.1) is 12.7 Å². The first-order chi connectivity index (χ1) is 10.0. The molecule has 1 aromatic rings. The summed E-state index contributed by atoms with van der Waals surface area (Å²) in [6.07, 6.45) is 1.34. The van der Waals surface area contributed by atoms with Gasteiger partial charge >= 0.3 is 5.69 Å². The van der Waals surface area contributed by atoms with Gasteiger partial charge in [0.2, 0.25) is 0 Å². The minimum Gasteiger partial charge on any atom is -0.394 e. The zero-order chi connectivity index (χ0) is 15.6. The van der Waals surface area contributed by atoms with E-state index in [0.29, 0.717) is 12.0 Å². The fraction of sp³-hybridized carbons (Fsp3) is 0.714. The predicted octanol–water partition coefficient (Wildman–Crippen LogP) is -0.165. The highest BCUT2D eigenvalue weighted by Crippen LogP contribution is 2.30. The quantitative estimate of drug-likeness (QED) is 0.788. The Bertz CT molecular complexity index is 591. The molecular weight excluding hydrogens is 274 g/mol. The molecule has 0 saturated carbocycles. The van der Waals surface area contributed by atoms with Crippen molar-refractivity contribution in [1.29, 1.82) is 0 Å². The lowest BCUT2D eigenvalue weighted by molar-refractivity contribution is -0.0381. The Morgan fingerprint density at radius 3 is 2.67 bits per heavy atom. The monoisotopic (exact) mass is 297 g/mol. The van der Waals surface area contributed by atoms with Crippen molar-refractivity contribution in [2.24, 2.45) is 0 Å². The molecule has 1 aliphatic heterocycles. The van der Waals surface area contributed by atoms with E-state index in [1.807, 2.05) is 0 Å². The molecule has 2 rings (SSSR count). The van der Waals surface area contributed by atoms with Crippen molar-refractivity contribution in [3.63, 3.8) is 0 Å². The normalized spacial score (nSPS) is 25.7. The molecule has 0 bridgehead atoms. The van der Waals surface area contributed by atoms with E-state index in [4.69, 9.17) is 4.74 Å². The summed E-state index contributed by atoms with van der Waals surface area (Å²) in [6.45, 7) is 7.38. The Balaban J connectivity index is 2.29. The van der Waals surface area contributed by atoms with Crippen molar-refractivity contribution in [3.8, 4) is 0 Å². The number of aliphatic hydroxyl groups excluding tert-OH is 1. The molecule has 1 fully saturated rings. The molecule has 0 radical (unpaired) electrons. The first kappa shape index (κ1) is 15.9. The molecule has 21 heavy (non-hydrogen) atoms. The van der Waals surface area contributed by atoms with Gasteiger partial charge in [-0.2, -0.15) is 0 Å². The summed E-state index contributed by atoms with van der Waals surface area (Å²) in [7, 11) is 0. The molecule has 3 unspecified atom stereocenters. The number of nitrogens with zero attached hydrogens (tertiary/aromatic N) is 2. The zero-order valence-corrected chi connectivity index (χ0v) is 12.7. The van der Waals surface area contributed by atoms with Crippen molar-refractivity contribution in [1.82, 2.24) is 14.5 Å². The number of aromatic amines is 1. The van der Waals surface area contributed by atoms with Gasteiger partial charge < -0.3 is 9.84 Å². The smallest absolute Gasteiger partial charge is 0.330 e. The SMILES string of the molecule is CCN(CC)C1CC(n2cc(C)c(=O)[nH]c2=O)OC1CO. The maximum Gasteiger partial charge on any atom is 0.330 e. The average Bonchev–Trinajstić information content (AvgIpc) is 2.88. The van der Waals surface area contributed by atoms with Crippen LogP contribution in [0.4, 0.5) is 0 Å². The molecule has 0 aromatic carbocycles. The molecule has 1 aliphatic rings. The lowest BCUT2D eigenvalue weighted by atomic mass is 10.1. The van der Waals surface area contributed by atoms with E-state index in [9.17, 15) is 14.7 Å². The van der Waals surface area contributed by atoms with E-state index in [2.05, 4.69) is 23.7 Å². The molecule has 1 saturated heterocycles. The van der Waals surface area contributed by atoms with E-state index in [1.165, 1.54) is 10.8 Å². The van der Waals surface area contributed by atoms with Crippen molar-refractivity contribution in [3.05, 3.63) is 32.6 Å². The molecule has 7 heteroatoms. The number of aliphatic hydroxyl groups is 1. The average molecular weight is 297 g/mol. The number of aromatic nitrogens is 2. The van der Waals surface area contributed by atoms with Crippen LogP contribution in [0.15, 0.2) is 15.8 Å². The van der Waals surface area contributed by atoms with Crippen LogP contribution in [0.25, 0.3) is 0 Å². The van der Waals surface area contributed by atoms with Crippen molar-refractivity contribution < 1.29 is 9.84 Å². The van der Waals surface area contributed by atoms with Crippen LogP contribution in [0.3, 0.4) is 0 Å². The topological polar surface area (TPSA) is 87.6 Å². The molecule has 0 spiro atoms. The third-order valence-corrected chi connectivity index (χ3v) is 4.12. The van der Waals surface area contributed by atoms with Gasteiger partial charge in [0, 0.05) is 24.2 Å². The van der Waals surface area contributed by atoms with Crippen LogP contribution in [0, 0.1) is 6.92 Å². The van der Waals surface area contributed by atoms with Gasteiger partial charge in [0.15, 0.2) is 0 Å². The number of likely N-dealkylation sites (N-methyl/N-ethyl adjacent to an activating group) is 1. The number of H-pyrrole nitrogens is 1. The minimum atomic E-state index is -0.479. The van der Waals surface area contributed by atoms with Crippen LogP contribution in [0.5, 0.6) is 0 Å². The lowest BCUT2D eigenvalue weighted by Gasteiger charge is -2.28. The number of ether oxygens (including phenoxy) is 1. The second-order valence-corrected chi connectivity index (χ2v) is 5.31. The Morgan fingerprint density at radius 2 is 2.10 bits per heavy atom. The molecule has 0 amide bonds. The minimum absolute atomic E-state index is 0.0640. The highest BCUT2D eigenvalue weighted by molar-refractivity contribution is 5.02. The van der Waals surface area contributed by atoms with Gasteiger partial charge in [0.25, 0.3) is 5.56 Å². The van der Waals surface area contributed by atoms with Crippen LogP contribution in [0.1, 0.15) is 32.1 Å². The van der Waals surface area contributed by atoms with Gasteiger partial charge in [-0.1, -0.05) is 13.8 Å². The zero-order valence-electron chi connectivity index (χ0n) is 12.7. The Labute approximate surface area is 123 Å². The number of nitrogens with one attached hydrogen (secondary N) is 1. The van der Waals surface area contributed by atoms with Gasteiger partial charge in [-0.05, 0) is 20.0 Å². The molecule has 118 valence electrons. The van der Waals surface area contributed by atoms with E-state index < -0.39 is 11.9 Å². The van der Waals surface area contributed by atoms with E-state index in [-0.39, 0.29) is 24.3 Å². The maximum atomic E-state index is 11.9. The van der Waals surface area contributed by atoms with Gasteiger partial charge in [0.1, 0.15) is 6.23 Å². The number of rotatable bonds is 5. The Hall–Kier alpha value is -1.44. The summed E-state index contributed by atoms with van der Waals surface area (Å²) >= 11 is 0. The molecule has 2 heterocycles. The van der Waals surface area contributed by atoms with E-state index >= 15 is 0 Å². The lowest BCUT2D eigenvalue weighted by Crippen LogP contribution is -2.42. The summed E-state index contributed by atoms with van der Waals surface area (Å²) < 4.78 is 7.22. The van der Waals surface area contributed by atoms with Crippen LogP contribution in [0.2, 0.25) is 0 Å². The fourth-order valence-electron chi connectivity index (χ4n) is 2.93. The van der Waals surface area contributed by atoms with E-state index in [0.717, 1.165) is 13.1 Å². The van der Waals surface area contributed by atoms with Crippen molar-refractivity contribution in [2.75, 3.05) is 19.7 Å². The molecule has 7 nitrogen and oxygen atoms in total. The second-order valence-electron chi connectivity index (χ2n) is 5.31. The Morgan fingerprint density at radius 1 is 1.43 bits per heavy atom. The first-order valence-electron chi connectivity index (χ1n) is 7.34. The first-order valence-corrected chi connectivity index (χ1v) is 7.34. The summed E-state index contributed by atoms with van der Waals surface area (Å²) in [6, 6.07) is 0.0640. The third kappa shape index (κ3) is 3.09. The summed E-state index contributed by atoms with van der Waals surface area (Å²) in [5.41, 5.74) is -0.397.